The lowest BCUT2D eigenvalue weighted by Gasteiger charge is -2.39. The van der Waals surface area contributed by atoms with Gasteiger partial charge in [-0.3, -0.25) is 4.79 Å². The van der Waals surface area contributed by atoms with Crippen LogP contribution < -0.4 is 9.64 Å². The second-order valence-corrected chi connectivity index (χ2v) is 10.9. The zero-order valence-corrected chi connectivity index (χ0v) is 20.4. The topological polar surface area (TPSA) is 70.2 Å². The number of rotatable bonds is 6. The molecule has 33 heavy (non-hydrogen) atoms. The van der Waals surface area contributed by atoms with Crippen molar-refractivity contribution in [1.29, 1.82) is 0 Å². The summed E-state index contributed by atoms with van der Waals surface area (Å²) in [6, 6.07) is 15.0. The third kappa shape index (κ3) is 5.62. The number of carbonyl (C=O) groups excluding carboxylic acids is 1. The van der Waals surface area contributed by atoms with E-state index in [9.17, 15) is 13.2 Å². The minimum Gasteiger partial charge on any atom is -0.497 e. The van der Waals surface area contributed by atoms with Crippen molar-refractivity contribution in [2.45, 2.75) is 18.6 Å². The van der Waals surface area contributed by atoms with Crippen LogP contribution in [0, 0.1) is 5.92 Å². The number of sulfonamides is 1. The molecule has 0 aliphatic carbocycles. The van der Waals surface area contributed by atoms with Gasteiger partial charge in [0, 0.05) is 55.9 Å². The van der Waals surface area contributed by atoms with Gasteiger partial charge in [-0.15, -0.1) is 0 Å². The van der Waals surface area contributed by atoms with Gasteiger partial charge in [0.2, 0.25) is 15.9 Å². The summed E-state index contributed by atoms with van der Waals surface area (Å²) in [4.78, 5) is 17.3. The zero-order valence-electron chi connectivity index (χ0n) is 18.8. The number of halogens is 1. The Kier molecular flexibility index (Phi) is 7.46. The number of benzene rings is 2. The van der Waals surface area contributed by atoms with E-state index >= 15 is 0 Å². The second-order valence-electron chi connectivity index (χ2n) is 8.53. The average Bonchev–Trinajstić information content (AvgIpc) is 2.85. The molecule has 2 aliphatic rings. The van der Waals surface area contributed by atoms with E-state index in [2.05, 4.69) is 4.90 Å². The Morgan fingerprint density at radius 2 is 1.61 bits per heavy atom. The standard InChI is InChI=1S/C24H30ClN3O4S/c1-32-22-8-6-21(7-9-22)26-14-16-27(17-15-26)24(29)19-10-12-28(13-11-19)33(30,31)18-20-4-2-3-5-23(20)25/h2-9,19H,10-18H2,1H3. The highest BCUT2D eigenvalue weighted by Crippen LogP contribution is 2.26. The molecule has 2 fully saturated rings. The van der Waals surface area contributed by atoms with Crippen LogP contribution in [0.4, 0.5) is 5.69 Å². The van der Waals surface area contributed by atoms with Crippen molar-refractivity contribution >= 4 is 33.2 Å². The first kappa shape index (κ1) is 23.9. The maximum atomic E-state index is 13.1. The van der Waals surface area contributed by atoms with Gasteiger partial charge in [0.1, 0.15) is 5.75 Å². The fraction of sp³-hybridized carbons (Fsp3) is 0.458. The number of ether oxygens (including phenoxy) is 1. The van der Waals surface area contributed by atoms with Gasteiger partial charge in [-0.2, -0.15) is 0 Å². The minimum absolute atomic E-state index is 0.112. The number of amides is 1. The summed E-state index contributed by atoms with van der Waals surface area (Å²) in [5.41, 5.74) is 1.73. The molecule has 7 nitrogen and oxygen atoms in total. The quantitative estimate of drug-likeness (QED) is 0.620. The molecule has 0 N–H and O–H groups in total. The highest BCUT2D eigenvalue weighted by Gasteiger charge is 2.34. The Balaban J connectivity index is 1.27. The second kappa shape index (κ2) is 10.3. The first-order chi connectivity index (χ1) is 15.9. The van der Waals surface area contributed by atoms with Crippen LogP contribution in [0.15, 0.2) is 48.5 Å². The van der Waals surface area contributed by atoms with Crippen LogP contribution in [0.1, 0.15) is 18.4 Å². The molecule has 0 unspecified atom stereocenters. The fourth-order valence-corrected chi connectivity index (χ4v) is 6.40. The Bertz CT molecular complexity index is 1060. The summed E-state index contributed by atoms with van der Waals surface area (Å²) in [5, 5.41) is 0.458. The molecule has 0 aromatic heterocycles. The molecule has 0 spiro atoms. The molecule has 0 bridgehead atoms. The van der Waals surface area contributed by atoms with Gasteiger partial charge < -0.3 is 14.5 Å². The molecule has 0 saturated carbocycles. The summed E-state index contributed by atoms with van der Waals surface area (Å²) in [7, 11) is -1.82. The number of anilines is 1. The molecule has 2 aliphatic heterocycles. The number of methoxy groups -OCH3 is 1. The number of nitrogens with zero attached hydrogens (tertiary/aromatic N) is 3. The smallest absolute Gasteiger partial charge is 0.225 e. The molecule has 2 aromatic carbocycles. The van der Waals surface area contributed by atoms with E-state index in [1.165, 1.54) is 4.31 Å². The van der Waals surface area contributed by atoms with Crippen LogP contribution in [0.2, 0.25) is 5.02 Å². The Labute approximate surface area is 200 Å². The summed E-state index contributed by atoms with van der Waals surface area (Å²) in [6.07, 6.45) is 1.11. The molecule has 0 atom stereocenters. The summed E-state index contributed by atoms with van der Waals surface area (Å²) in [6.45, 7) is 3.65. The largest absolute Gasteiger partial charge is 0.497 e. The zero-order chi connectivity index (χ0) is 23.4. The number of piperidine rings is 1. The molecular formula is C24H30ClN3O4S. The third-order valence-electron chi connectivity index (χ3n) is 6.52. The van der Waals surface area contributed by atoms with Crippen LogP contribution in [0.25, 0.3) is 0 Å². The predicted octanol–water partition coefficient (Wildman–Crippen LogP) is 3.24. The van der Waals surface area contributed by atoms with E-state index < -0.39 is 10.0 Å². The van der Waals surface area contributed by atoms with Crippen molar-refractivity contribution < 1.29 is 17.9 Å². The van der Waals surface area contributed by atoms with Crippen molar-refractivity contribution in [2.24, 2.45) is 5.92 Å². The Morgan fingerprint density at radius 1 is 0.970 bits per heavy atom. The predicted molar refractivity (Wildman–Crippen MR) is 130 cm³/mol. The van der Waals surface area contributed by atoms with Gasteiger partial charge in [0.25, 0.3) is 0 Å². The third-order valence-corrected chi connectivity index (χ3v) is 8.72. The number of hydrogen-bond acceptors (Lipinski definition) is 5. The number of piperazine rings is 1. The monoisotopic (exact) mass is 491 g/mol. The lowest BCUT2D eigenvalue weighted by Crippen LogP contribution is -2.52. The lowest BCUT2D eigenvalue weighted by molar-refractivity contribution is -0.137. The Hall–Kier alpha value is -2.29. The molecular weight excluding hydrogens is 462 g/mol. The van der Waals surface area contributed by atoms with E-state index in [4.69, 9.17) is 16.3 Å². The van der Waals surface area contributed by atoms with Crippen molar-refractivity contribution in [3.05, 3.63) is 59.1 Å². The summed E-state index contributed by atoms with van der Waals surface area (Å²) < 4.78 is 32.4. The summed E-state index contributed by atoms with van der Waals surface area (Å²) >= 11 is 6.14. The van der Waals surface area contributed by atoms with Crippen molar-refractivity contribution in [3.63, 3.8) is 0 Å². The molecule has 2 saturated heterocycles. The van der Waals surface area contributed by atoms with E-state index in [1.807, 2.05) is 29.2 Å². The van der Waals surface area contributed by atoms with Gasteiger partial charge in [-0.25, -0.2) is 12.7 Å². The first-order valence-electron chi connectivity index (χ1n) is 11.3. The van der Waals surface area contributed by atoms with Crippen LogP contribution in [-0.4, -0.2) is 69.9 Å². The highest BCUT2D eigenvalue weighted by atomic mass is 35.5. The van der Waals surface area contributed by atoms with Gasteiger partial charge >= 0.3 is 0 Å². The maximum Gasteiger partial charge on any atom is 0.225 e. The molecule has 9 heteroatoms. The SMILES string of the molecule is COc1ccc(N2CCN(C(=O)C3CCN(S(=O)(=O)Cc4ccccc4Cl)CC3)CC2)cc1. The molecule has 178 valence electrons. The van der Waals surface area contributed by atoms with Crippen LogP contribution in [-0.2, 0) is 20.6 Å². The van der Waals surface area contributed by atoms with Crippen LogP contribution >= 0.6 is 11.6 Å². The van der Waals surface area contributed by atoms with Crippen LogP contribution in [0.5, 0.6) is 5.75 Å². The van der Waals surface area contributed by atoms with Crippen molar-refractivity contribution in [1.82, 2.24) is 9.21 Å². The van der Waals surface area contributed by atoms with E-state index in [0.29, 0.717) is 49.6 Å². The van der Waals surface area contributed by atoms with Gasteiger partial charge in [-0.1, -0.05) is 29.8 Å². The van der Waals surface area contributed by atoms with Gasteiger partial charge in [0.05, 0.1) is 12.9 Å². The van der Waals surface area contributed by atoms with Gasteiger partial charge in [-0.05, 0) is 48.7 Å². The molecule has 1 amide bonds. The number of hydrogen-bond donors (Lipinski definition) is 0. The lowest BCUT2D eigenvalue weighted by atomic mass is 9.96. The minimum atomic E-state index is -3.47. The molecule has 2 heterocycles. The molecule has 0 radical (unpaired) electrons. The normalized spacial score (nSPS) is 18.4. The molecule has 2 aromatic rings. The van der Waals surface area contributed by atoms with Crippen LogP contribution in [0.3, 0.4) is 0 Å². The van der Waals surface area contributed by atoms with Gasteiger partial charge in [0.15, 0.2) is 0 Å². The molecule has 4 rings (SSSR count). The van der Waals surface area contributed by atoms with E-state index in [0.717, 1.165) is 24.5 Å². The Morgan fingerprint density at radius 3 is 2.21 bits per heavy atom. The van der Waals surface area contributed by atoms with E-state index in [1.54, 1.807) is 31.4 Å². The first-order valence-corrected chi connectivity index (χ1v) is 13.2. The highest BCUT2D eigenvalue weighted by molar-refractivity contribution is 7.88. The van der Waals surface area contributed by atoms with Crippen molar-refractivity contribution in [3.8, 4) is 5.75 Å². The van der Waals surface area contributed by atoms with Crippen molar-refractivity contribution in [2.75, 3.05) is 51.3 Å². The number of carbonyl (C=O) groups is 1. The average molecular weight is 492 g/mol. The van der Waals surface area contributed by atoms with E-state index in [-0.39, 0.29) is 17.6 Å². The maximum absolute atomic E-state index is 13.1. The summed E-state index contributed by atoms with van der Waals surface area (Å²) in [5.74, 6) is 0.739. The fourth-order valence-electron chi connectivity index (χ4n) is 4.52.